The van der Waals surface area contributed by atoms with Crippen LogP contribution >= 0.6 is 0 Å². The summed E-state index contributed by atoms with van der Waals surface area (Å²) in [7, 11) is 2.87. The summed E-state index contributed by atoms with van der Waals surface area (Å²) in [5, 5.41) is 0. The van der Waals surface area contributed by atoms with Crippen LogP contribution in [0.2, 0.25) is 0 Å². The molecule has 0 aliphatic heterocycles. The monoisotopic (exact) mass is 314 g/mol. The van der Waals surface area contributed by atoms with E-state index in [1.54, 1.807) is 49.6 Å². The fraction of sp³-hybridized carbons (Fsp3) is 0.222. The molecular weight excluding hydrogens is 296 g/mol. The van der Waals surface area contributed by atoms with Crippen LogP contribution in [-0.2, 0) is 11.3 Å². The molecule has 5 heteroatoms. The van der Waals surface area contributed by atoms with Crippen molar-refractivity contribution < 1.29 is 23.8 Å². The molecule has 0 spiro atoms. The largest absolute Gasteiger partial charge is 0.496 e. The Balaban J connectivity index is 2.26. The zero-order valence-electron chi connectivity index (χ0n) is 13.3. The highest BCUT2D eigenvalue weighted by atomic mass is 16.5. The summed E-state index contributed by atoms with van der Waals surface area (Å²) in [6.45, 7) is 1.66. The number of ketones is 1. The third kappa shape index (κ3) is 3.88. The lowest BCUT2D eigenvalue weighted by Crippen LogP contribution is -2.07. The van der Waals surface area contributed by atoms with E-state index in [4.69, 9.17) is 14.2 Å². The van der Waals surface area contributed by atoms with Gasteiger partial charge in [-0.2, -0.15) is 0 Å². The maximum Gasteiger partial charge on any atom is 0.341 e. The average molecular weight is 314 g/mol. The summed E-state index contributed by atoms with van der Waals surface area (Å²) in [5.74, 6) is 0.522. The first kappa shape index (κ1) is 16.5. The molecule has 0 aromatic heterocycles. The van der Waals surface area contributed by atoms with Crippen molar-refractivity contribution in [2.45, 2.75) is 13.5 Å². The van der Waals surface area contributed by atoms with E-state index in [1.165, 1.54) is 14.0 Å². The van der Waals surface area contributed by atoms with Crippen molar-refractivity contribution in [3.63, 3.8) is 0 Å². The number of benzene rings is 2. The summed E-state index contributed by atoms with van der Waals surface area (Å²) >= 11 is 0. The van der Waals surface area contributed by atoms with Gasteiger partial charge in [0, 0.05) is 11.1 Å². The smallest absolute Gasteiger partial charge is 0.341 e. The first-order valence-electron chi connectivity index (χ1n) is 7.04. The van der Waals surface area contributed by atoms with Crippen molar-refractivity contribution in [2.75, 3.05) is 14.2 Å². The molecule has 2 aromatic carbocycles. The maximum atomic E-state index is 11.7. The predicted octanol–water partition coefficient (Wildman–Crippen LogP) is 3.26. The molecule has 0 bridgehead atoms. The van der Waals surface area contributed by atoms with Crippen LogP contribution in [0.25, 0.3) is 0 Å². The Morgan fingerprint density at radius 2 is 1.74 bits per heavy atom. The Labute approximate surface area is 134 Å². The molecule has 0 radical (unpaired) electrons. The normalized spacial score (nSPS) is 10.0. The van der Waals surface area contributed by atoms with Gasteiger partial charge in [-0.15, -0.1) is 0 Å². The van der Waals surface area contributed by atoms with Crippen LogP contribution in [0.4, 0.5) is 0 Å². The van der Waals surface area contributed by atoms with E-state index in [2.05, 4.69) is 0 Å². The number of para-hydroxylation sites is 1. The molecule has 0 amide bonds. The Hall–Kier alpha value is -2.82. The van der Waals surface area contributed by atoms with Gasteiger partial charge in [-0.25, -0.2) is 4.79 Å². The number of hydrogen-bond acceptors (Lipinski definition) is 5. The van der Waals surface area contributed by atoms with Gasteiger partial charge in [-0.3, -0.25) is 4.79 Å². The third-order valence-electron chi connectivity index (χ3n) is 3.36. The molecule has 2 rings (SSSR count). The molecule has 120 valence electrons. The number of carbonyl (C=O) groups excluding carboxylic acids is 2. The first-order chi connectivity index (χ1) is 11.1. The lowest BCUT2D eigenvalue weighted by Gasteiger charge is -2.13. The van der Waals surface area contributed by atoms with Crippen molar-refractivity contribution >= 4 is 11.8 Å². The Morgan fingerprint density at radius 1 is 1.00 bits per heavy atom. The molecule has 0 atom stereocenters. The molecule has 0 aliphatic carbocycles. The fourth-order valence-electron chi connectivity index (χ4n) is 2.14. The lowest BCUT2D eigenvalue weighted by atomic mass is 10.1. The van der Waals surface area contributed by atoms with Crippen molar-refractivity contribution in [1.82, 2.24) is 0 Å². The minimum absolute atomic E-state index is 0.0381. The SMILES string of the molecule is COC(=O)c1ccccc1OCc1cc(C(C)=O)ccc1OC. The number of carbonyl (C=O) groups is 2. The molecule has 0 saturated carbocycles. The Morgan fingerprint density at radius 3 is 2.39 bits per heavy atom. The number of ether oxygens (including phenoxy) is 3. The van der Waals surface area contributed by atoms with Gasteiger partial charge in [-0.1, -0.05) is 12.1 Å². The summed E-state index contributed by atoms with van der Waals surface area (Å²) < 4.78 is 15.8. The minimum Gasteiger partial charge on any atom is -0.496 e. The van der Waals surface area contributed by atoms with Gasteiger partial charge in [0.2, 0.25) is 0 Å². The number of hydrogen-bond donors (Lipinski definition) is 0. The predicted molar refractivity (Wildman–Crippen MR) is 85.1 cm³/mol. The van der Waals surface area contributed by atoms with E-state index >= 15 is 0 Å². The van der Waals surface area contributed by atoms with E-state index in [-0.39, 0.29) is 12.4 Å². The van der Waals surface area contributed by atoms with E-state index < -0.39 is 5.97 Å². The Bertz CT molecular complexity index is 721. The first-order valence-corrected chi connectivity index (χ1v) is 7.04. The second kappa shape index (κ2) is 7.45. The topological polar surface area (TPSA) is 61.8 Å². The average Bonchev–Trinajstić information content (AvgIpc) is 2.59. The number of rotatable bonds is 6. The number of Topliss-reactive ketones (excluding diaryl/α,β-unsaturated/α-hetero) is 1. The van der Waals surface area contributed by atoms with Gasteiger partial charge in [0.1, 0.15) is 23.7 Å². The van der Waals surface area contributed by atoms with Crippen LogP contribution in [0.3, 0.4) is 0 Å². The molecule has 0 fully saturated rings. The van der Waals surface area contributed by atoms with Gasteiger partial charge < -0.3 is 14.2 Å². The highest BCUT2D eigenvalue weighted by Gasteiger charge is 2.14. The van der Waals surface area contributed by atoms with Crippen LogP contribution < -0.4 is 9.47 Å². The summed E-state index contributed by atoms with van der Waals surface area (Å²) in [6, 6.07) is 12.0. The van der Waals surface area contributed by atoms with Crippen molar-refractivity contribution in [1.29, 1.82) is 0 Å². The molecular formula is C18H18O5. The molecule has 0 N–H and O–H groups in total. The fourth-order valence-corrected chi connectivity index (χ4v) is 2.14. The highest BCUT2D eigenvalue weighted by Crippen LogP contribution is 2.24. The molecule has 2 aromatic rings. The van der Waals surface area contributed by atoms with E-state index in [1.807, 2.05) is 0 Å². The van der Waals surface area contributed by atoms with Crippen molar-refractivity contribution in [2.24, 2.45) is 0 Å². The van der Waals surface area contributed by atoms with Crippen LogP contribution in [0.5, 0.6) is 11.5 Å². The van der Waals surface area contributed by atoms with Gasteiger partial charge in [0.05, 0.1) is 14.2 Å². The number of esters is 1. The van der Waals surface area contributed by atoms with E-state index in [9.17, 15) is 9.59 Å². The second-order valence-electron chi connectivity index (χ2n) is 4.86. The quantitative estimate of drug-likeness (QED) is 0.605. The Kier molecular flexibility index (Phi) is 5.36. The summed E-state index contributed by atoms with van der Waals surface area (Å²) in [4.78, 5) is 23.3. The maximum absolute atomic E-state index is 11.7. The molecule has 0 saturated heterocycles. The van der Waals surface area contributed by atoms with Crippen molar-refractivity contribution in [3.8, 4) is 11.5 Å². The zero-order valence-corrected chi connectivity index (χ0v) is 13.3. The van der Waals surface area contributed by atoms with Gasteiger partial charge in [0.25, 0.3) is 0 Å². The molecule has 0 aliphatic rings. The summed E-state index contributed by atoms with van der Waals surface area (Å²) in [6.07, 6.45) is 0. The van der Waals surface area contributed by atoms with Crippen molar-refractivity contribution in [3.05, 3.63) is 59.2 Å². The van der Waals surface area contributed by atoms with Gasteiger partial charge in [0.15, 0.2) is 5.78 Å². The van der Waals surface area contributed by atoms with Crippen LogP contribution in [0.1, 0.15) is 33.2 Å². The third-order valence-corrected chi connectivity index (χ3v) is 3.36. The second-order valence-corrected chi connectivity index (χ2v) is 4.86. The zero-order chi connectivity index (χ0) is 16.8. The summed E-state index contributed by atoms with van der Waals surface area (Å²) in [5.41, 5.74) is 1.64. The van der Waals surface area contributed by atoms with Crippen LogP contribution in [0, 0.1) is 0 Å². The van der Waals surface area contributed by atoms with E-state index in [0.29, 0.717) is 22.6 Å². The standard InChI is InChI=1S/C18H18O5/c1-12(19)13-8-9-16(21-2)14(10-13)11-23-17-7-5-4-6-15(17)18(20)22-3/h4-10H,11H2,1-3H3. The number of methoxy groups -OCH3 is 2. The minimum atomic E-state index is -0.468. The van der Waals surface area contributed by atoms with E-state index in [0.717, 1.165) is 5.56 Å². The molecule has 0 heterocycles. The van der Waals surface area contributed by atoms with Gasteiger partial charge >= 0.3 is 5.97 Å². The highest BCUT2D eigenvalue weighted by molar-refractivity contribution is 5.94. The van der Waals surface area contributed by atoms with Crippen LogP contribution in [0.15, 0.2) is 42.5 Å². The lowest BCUT2D eigenvalue weighted by molar-refractivity contribution is 0.0595. The molecule has 23 heavy (non-hydrogen) atoms. The molecule has 0 unspecified atom stereocenters. The molecule has 5 nitrogen and oxygen atoms in total. The van der Waals surface area contributed by atoms with Gasteiger partial charge in [-0.05, 0) is 37.3 Å². The van der Waals surface area contributed by atoms with Crippen LogP contribution in [-0.4, -0.2) is 26.0 Å².